The van der Waals surface area contributed by atoms with Crippen LogP contribution >= 0.6 is 0 Å². The first kappa shape index (κ1) is 18.9. The van der Waals surface area contributed by atoms with Crippen LogP contribution in [-0.2, 0) is 6.18 Å². The van der Waals surface area contributed by atoms with E-state index in [1.54, 1.807) is 4.90 Å². The highest BCUT2D eigenvalue weighted by molar-refractivity contribution is 5.98. The number of nitrogens with zero attached hydrogens (tertiary/aromatic N) is 3. The molecule has 0 radical (unpaired) electrons. The molecule has 150 valence electrons. The van der Waals surface area contributed by atoms with Gasteiger partial charge in [0, 0.05) is 36.7 Å². The number of alkyl halides is 3. The predicted octanol–water partition coefficient (Wildman–Crippen LogP) is 2.50. The van der Waals surface area contributed by atoms with Gasteiger partial charge in [-0.15, -0.1) is 0 Å². The first-order chi connectivity index (χ1) is 13.2. The molecule has 0 bridgehead atoms. The van der Waals surface area contributed by atoms with E-state index in [0.29, 0.717) is 13.1 Å². The molecule has 1 spiro atoms. The maximum Gasteiger partial charge on any atom is 0.416 e. The van der Waals surface area contributed by atoms with Crippen molar-refractivity contribution in [3.05, 3.63) is 41.9 Å². The van der Waals surface area contributed by atoms with Gasteiger partial charge in [0.2, 0.25) is 0 Å². The van der Waals surface area contributed by atoms with Gasteiger partial charge in [0.05, 0.1) is 12.2 Å². The number of halogens is 3. The lowest BCUT2D eigenvalue weighted by atomic mass is 9.77. The van der Waals surface area contributed by atoms with Crippen LogP contribution in [0.1, 0.15) is 22.5 Å². The number of carbonyl (C=O) groups is 1. The number of aliphatic hydroxyl groups is 1. The molecule has 2 aliphatic rings. The van der Waals surface area contributed by atoms with Gasteiger partial charge in [0.15, 0.2) is 17.8 Å². The summed E-state index contributed by atoms with van der Waals surface area (Å²) in [5.74, 6) is -0.323. The van der Waals surface area contributed by atoms with Crippen molar-refractivity contribution in [1.29, 1.82) is 0 Å². The summed E-state index contributed by atoms with van der Waals surface area (Å²) in [4.78, 5) is 20.5. The van der Waals surface area contributed by atoms with E-state index in [2.05, 4.69) is 9.88 Å². The number of likely N-dealkylation sites (N-methyl/N-ethyl adjacent to an activating group) is 1. The molecule has 1 aromatic carbocycles. The number of hydrogen-bond donors (Lipinski definition) is 1. The van der Waals surface area contributed by atoms with Crippen LogP contribution in [-0.4, -0.2) is 65.1 Å². The number of aromatic nitrogens is 1. The van der Waals surface area contributed by atoms with Crippen LogP contribution in [0.15, 0.2) is 35.1 Å². The molecule has 2 aromatic rings. The lowest BCUT2D eigenvalue weighted by molar-refractivity contribution is -0.137. The van der Waals surface area contributed by atoms with Crippen molar-refractivity contribution in [3.8, 4) is 11.3 Å². The van der Waals surface area contributed by atoms with E-state index in [0.717, 1.165) is 31.5 Å². The molecule has 1 amide bonds. The summed E-state index contributed by atoms with van der Waals surface area (Å²) in [6.07, 6.45) is -2.60. The maximum absolute atomic E-state index is 13.0. The minimum atomic E-state index is -4.48. The van der Waals surface area contributed by atoms with Crippen LogP contribution in [0.2, 0.25) is 0 Å². The van der Waals surface area contributed by atoms with Gasteiger partial charge in [-0.05, 0) is 25.6 Å². The highest BCUT2D eigenvalue weighted by Crippen LogP contribution is 2.43. The number of rotatable bonds is 3. The Balaban J connectivity index is 1.52. The molecule has 4 rings (SSSR count). The lowest BCUT2D eigenvalue weighted by Crippen LogP contribution is -2.59. The summed E-state index contributed by atoms with van der Waals surface area (Å²) in [6.45, 7) is 1.93. The van der Waals surface area contributed by atoms with E-state index >= 15 is 0 Å². The second-order valence-electron chi connectivity index (χ2n) is 7.73. The smallest absolute Gasteiger partial charge is 0.416 e. The fourth-order valence-corrected chi connectivity index (χ4v) is 4.31. The minimum Gasteiger partial charge on any atom is -0.443 e. The van der Waals surface area contributed by atoms with Crippen LogP contribution in [0.5, 0.6) is 0 Å². The monoisotopic (exact) mass is 395 g/mol. The minimum absolute atomic E-state index is 0.0132. The van der Waals surface area contributed by atoms with Crippen LogP contribution in [0, 0.1) is 5.41 Å². The second-order valence-corrected chi connectivity index (χ2v) is 7.73. The topological polar surface area (TPSA) is 69.8 Å². The molecule has 0 aliphatic carbocycles. The van der Waals surface area contributed by atoms with E-state index in [-0.39, 0.29) is 41.0 Å². The van der Waals surface area contributed by atoms with E-state index in [4.69, 9.17) is 4.42 Å². The van der Waals surface area contributed by atoms with Gasteiger partial charge in [-0.3, -0.25) is 4.79 Å². The average molecular weight is 395 g/mol. The third-order valence-electron chi connectivity index (χ3n) is 5.65. The SMILES string of the molecule is CN1CC2(CC1CO)CN(C(=O)c1ncoc1-c1cccc(C(F)(F)F)c1)C2. The first-order valence-corrected chi connectivity index (χ1v) is 8.94. The van der Waals surface area contributed by atoms with Crippen molar-refractivity contribution in [2.45, 2.75) is 18.6 Å². The van der Waals surface area contributed by atoms with Crippen molar-refractivity contribution in [3.63, 3.8) is 0 Å². The Hall–Kier alpha value is -2.39. The van der Waals surface area contributed by atoms with Gasteiger partial charge in [0.1, 0.15) is 0 Å². The van der Waals surface area contributed by atoms with Crippen molar-refractivity contribution < 1.29 is 27.5 Å². The second kappa shape index (κ2) is 6.59. The fourth-order valence-electron chi connectivity index (χ4n) is 4.31. The number of oxazole rings is 1. The van der Waals surface area contributed by atoms with Gasteiger partial charge < -0.3 is 19.3 Å². The van der Waals surface area contributed by atoms with Gasteiger partial charge >= 0.3 is 6.18 Å². The summed E-state index contributed by atoms with van der Waals surface area (Å²) in [5.41, 5.74) is -0.685. The lowest BCUT2D eigenvalue weighted by Gasteiger charge is -2.47. The summed E-state index contributed by atoms with van der Waals surface area (Å²) < 4.78 is 44.2. The van der Waals surface area contributed by atoms with Crippen molar-refractivity contribution in [2.24, 2.45) is 5.41 Å². The third-order valence-corrected chi connectivity index (χ3v) is 5.65. The Kier molecular flexibility index (Phi) is 4.46. The summed E-state index contributed by atoms with van der Waals surface area (Å²) in [5, 5.41) is 9.43. The number of hydrogen-bond acceptors (Lipinski definition) is 5. The molecular weight excluding hydrogens is 375 g/mol. The van der Waals surface area contributed by atoms with E-state index in [1.807, 2.05) is 7.05 Å². The molecule has 1 aromatic heterocycles. The molecule has 2 fully saturated rings. The van der Waals surface area contributed by atoms with Crippen LogP contribution < -0.4 is 0 Å². The number of amides is 1. The molecule has 2 saturated heterocycles. The number of benzene rings is 1. The third kappa shape index (κ3) is 3.18. The molecule has 1 N–H and O–H groups in total. The molecule has 28 heavy (non-hydrogen) atoms. The Morgan fingerprint density at radius 2 is 2.11 bits per heavy atom. The standard InChI is InChI=1S/C19H20F3N3O3/c1-24-8-18(6-14(24)7-26)9-25(10-18)17(27)15-16(28-11-23-15)12-3-2-4-13(5-12)19(20,21)22/h2-5,11,14,26H,6-10H2,1H3. The predicted molar refractivity (Wildman–Crippen MR) is 93.4 cm³/mol. The van der Waals surface area contributed by atoms with E-state index in [9.17, 15) is 23.1 Å². The molecule has 3 heterocycles. The molecule has 1 unspecified atom stereocenters. The summed E-state index contributed by atoms with van der Waals surface area (Å²) >= 11 is 0. The zero-order chi connectivity index (χ0) is 20.1. The highest BCUT2D eigenvalue weighted by atomic mass is 19.4. The van der Waals surface area contributed by atoms with Gasteiger partial charge in [-0.1, -0.05) is 12.1 Å². The summed E-state index contributed by atoms with van der Waals surface area (Å²) in [7, 11) is 1.95. The van der Waals surface area contributed by atoms with Crippen molar-refractivity contribution >= 4 is 5.91 Å². The van der Waals surface area contributed by atoms with Crippen molar-refractivity contribution in [1.82, 2.24) is 14.8 Å². The largest absolute Gasteiger partial charge is 0.443 e. The van der Waals surface area contributed by atoms with Gasteiger partial charge in [-0.25, -0.2) is 4.98 Å². The Morgan fingerprint density at radius 3 is 2.75 bits per heavy atom. The number of carbonyl (C=O) groups excluding carboxylic acids is 1. The molecule has 6 nitrogen and oxygen atoms in total. The number of aliphatic hydroxyl groups excluding tert-OH is 1. The van der Waals surface area contributed by atoms with E-state index in [1.165, 1.54) is 12.1 Å². The fraction of sp³-hybridized carbons (Fsp3) is 0.474. The normalized spacial score (nSPS) is 21.9. The molecule has 2 aliphatic heterocycles. The molecule has 9 heteroatoms. The first-order valence-electron chi connectivity index (χ1n) is 8.94. The summed E-state index contributed by atoms with van der Waals surface area (Å²) in [6, 6.07) is 4.74. The van der Waals surface area contributed by atoms with Crippen LogP contribution in [0.3, 0.4) is 0 Å². The quantitative estimate of drug-likeness (QED) is 0.865. The van der Waals surface area contributed by atoms with Gasteiger partial charge in [0.25, 0.3) is 5.91 Å². The van der Waals surface area contributed by atoms with Crippen LogP contribution in [0.4, 0.5) is 13.2 Å². The van der Waals surface area contributed by atoms with Crippen molar-refractivity contribution in [2.75, 3.05) is 33.3 Å². The van der Waals surface area contributed by atoms with Gasteiger partial charge in [-0.2, -0.15) is 13.2 Å². The Morgan fingerprint density at radius 1 is 1.36 bits per heavy atom. The zero-order valence-corrected chi connectivity index (χ0v) is 15.2. The molecule has 1 atom stereocenters. The van der Waals surface area contributed by atoms with E-state index < -0.39 is 11.7 Å². The highest BCUT2D eigenvalue weighted by Gasteiger charge is 2.52. The molecular formula is C19H20F3N3O3. The zero-order valence-electron chi connectivity index (χ0n) is 15.2. The number of likely N-dealkylation sites (tertiary alicyclic amines) is 2. The Labute approximate surface area is 159 Å². The maximum atomic E-state index is 13.0. The molecule has 0 saturated carbocycles. The van der Waals surface area contributed by atoms with Crippen LogP contribution in [0.25, 0.3) is 11.3 Å². The average Bonchev–Trinajstić information content (AvgIpc) is 3.24. The Bertz CT molecular complexity index is 890.